The summed E-state index contributed by atoms with van der Waals surface area (Å²) in [6.07, 6.45) is 1.65. The maximum atomic E-state index is 14.0. The molecule has 7 heteroatoms. The van der Waals surface area contributed by atoms with Gasteiger partial charge in [-0.2, -0.15) is 5.10 Å². The summed E-state index contributed by atoms with van der Waals surface area (Å²) in [5.74, 6) is 0.0601. The van der Waals surface area contributed by atoms with Crippen LogP contribution in [0.5, 0.6) is 5.75 Å². The van der Waals surface area contributed by atoms with Crippen LogP contribution in [0.15, 0.2) is 77.7 Å². The average molecular weight is 455 g/mol. The lowest BCUT2D eigenvalue weighted by Gasteiger charge is -2.12. The normalized spacial score (nSPS) is 11.2. The van der Waals surface area contributed by atoms with Crippen molar-refractivity contribution < 1.29 is 9.13 Å². The van der Waals surface area contributed by atoms with Crippen molar-refractivity contribution in [2.75, 3.05) is 0 Å². The molecule has 0 fully saturated rings. The highest BCUT2D eigenvalue weighted by molar-refractivity contribution is 5.65. The van der Waals surface area contributed by atoms with Crippen molar-refractivity contribution >= 4 is 5.65 Å². The highest BCUT2D eigenvalue weighted by Crippen LogP contribution is 2.25. The van der Waals surface area contributed by atoms with E-state index in [1.54, 1.807) is 43.5 Å². The van der Waals surface area contributed by atoms with Gasteiger partial charge in [0, 0.05) is 17.5 Å². The molecular weight excluding hydrogens is 431 g/mol. The van der Waals surface area contributed by atoms with Crippen molar-refractivity contribution in [2.24, 2.45) is 0 Å². The highest BCUT2D eigenvalue weighted by atomic mass is 19.1. The standard InChI is InChI=1S/C27H23FN4O2/c1-17-8-6-10-21(14-17)32-18(2)15-23(30-32)25-19(3)29-26-24(12-7-13-31(26)27(25)33)34-16-20-9-4-5-11-22(20)28/h4-15H,16H2,1-3H3. The predicted molar refractivity (Wildman–Crippen MR) is 129 cm³/mol. The van der Waals surface area contributed by atoms with Gasteiger partial charge in [-0.25, -0.2) is 14.1 Å². The predicted octanol–water partition coefficient (Wildman–Crippen LogP) is 5.19. The minimum Gasteiger partial charge on any atom is -0.485 e. The van der Waals surface area contributed by atoms with Gasteiger partial charge in [0.25, 0.3) is 5.56 Å². The van der Waals surface area contributed by atoms with Crippen molar-refractivity contribution in [1.29, 1.82) is 0 Å². The number of ether oxygens (including phenoxy) is 1. The Morgan fingerprint density at radius 2 is 1.79 bits per heavy atom. The number of halogens is 1. The van der Waals surface area contributed by atoms with Crippen molar-refractivity contribution in [2.45, 2.75) is 27.4 Å². The smallest absolute Gasteiger partial charge is 0.267 e. The lowest BCUT2D eigenvalue weighted by molar-refractivity contribution is 0.301. The number of hydrogen-bond acceptors (Lipinski definition) is 4. The first-order chi connectivity index (χ1) is 16.4. The molecule has 0 spiro atoms. The molecule has 5 rings (SSSR count). The summed E-state index contributed by atoms with van der Waals surface area (Å²) >= 11 is 0. The third-order valence-corrected chi connectivity index (χ3v) is 5.73. The van der Waals surface area contributed by atoms with Gasteiger partial charge in [0.1, 0.15) is 18.1 Å². The Morgan fingerprint density at radius 3 is 2.59 bits per heavy atom. The molecule has 0 N–H and O–H groups in total. The molecule has 170 valence electrons. The molecule has 0 aliphatic rings. The molecule has 0 amide bonds. The number of nitrogens with zero attached hydrogens (tertiary/aromatic N) is 4. The maximum Gasteiger partial charge on any atom is 0.267 e. The Hall–Kier alpha value is -4.26. The molecule has 0 aliphatic carbocycles. The average Bonchev–Trinajstić information content (AvgIpc) is 3.20. The van der Waals surface area contributed by atoms with E-state index < -0.39 is 0 Å². The first-order valence-electron chi connectivity index (χ1n) is 10.9. The topological polar surface area (TPSA) is 61.4 Å². The Labute approximate surface area is 195 Å². The lowest BCUT2D eigenvalue weighted by Crippen LogP contribution is -2.19. The van der Waals surface area contributed by atoms with Gasteiger partial charge in [-0.15, -0.1) is 0 Å². The third kappa shape index (κ3) is 3.85. The zero-order valence-electron chi connectivity index (χ0n) is 19.1. The molecule has 0 unspecified atom stereocenters. The molecule has 34 heavy (non-hydrogen) atoms. The number of rotatable bonds is 5. The van der Waals surface area contributed by atoms with Crippen LogP contribution < -0.4 is 10.3 Å². The molecule has 0 atom stereocenters. The zero-order chi connectivity index (χ0) is 23.8. The fraction of sp³-hybridized carbons (Fsp3) is 0.148. The minimum absolute atomic E-state index is 0.0309. The van der Waals surface area contributed by atoms with Gasteiger partial charge < -0.3 is 4.74 Å². The molecule has 0 bridgehead atoms. The maximum absolute atomic E-state index is 14.0. The van der Waals surface area contributed by atoms with E-state index in [1.165, 1.54) is 10.5 Å². The van der Waals surface area contributed by atoms with Crippen LogP contribution in [0.25, 0.3) is 22.6 Å². The SMILES string of the molecule is Cc1cccc(-n2nc(-c3c(C)nc4c(OCc5ccccc5F)cccn4c3=O)cc2C)c1. The van der Waals surface area contributed by atoms with Crippen LogP contribution in [-0.4, -0.2) is 19.2 Å². The van der Waals surface area contributed by atoms with Crippen LogP contribution in [-0.2, 0) is 6.61 Å². The van der Waals surface area contributed by atoms with Crippen molar-refractivity contribution in [3.05, 3.63) is 112 Å². The summed E-state index contributed by atoms with van der Waals surface area (Å²) in [4.78, 5) is 18.2. The van der Waals surface area contributed by atoms with E-state index in [9.17, 15) is 9.18 Å². The van der Waals surface area contributed by atoms with Crippen LogP contribution in [0.2, 0.25) is 0 Å². The first kappa shape index (κ1) is 21.6. The van der Waals surface area contributed by atoms with Crippen LogP contribution in [0, 0.1) is 26.6 Å². The Kier molecular flexibility index (Phi) is 5.45. The van der Waals surface area contributed by atoms with Crippen LogP contribution in [0.4, 0.5) is 4.39 Å². The Bertz CT molecular complexity index is 1590. The molecular formula is C27H23FN4O2. The molecule has 5 aromatic rings. The first-order valence-corrected chi connectivity index (χ1v) is 10.9. The molecule has 3 aromatic heterocycles. The summed E-state index contributed by atoms with van der Waals surface area (Å²) in [6, 6.07) is 19.8. The number of aryl methyl sites for hydroxylation is 3. The number of benzene rings is 2. The molecule has 0 aliphatic heterocycles. The second kappa shape index (κ2) is 8.59. The van der Waals surface area contributed by atoms with Gasteiger partial charge in [-0.3, -0.25) is 9.20 Å². The molecule has 0 saturated heterocycles. The fourth-order valence-corrected chi connectivity index (χ4v) is 4.04. The summed E-state index contributed by atoms with van der Waals surface area (Å²) in [7, 11) is 0. The molecule has 3 heterocycles. The quantitative estimate of drug-likeness (QED) is 0.367. The number of hydrogen-bond donors (Lipinski definition) is 0. The fourth-order valence-electron chi connectivity index (χ4n) is 4.04. The zero-order valence-corrected chi connectivity index (χ0v) is 19.1. The van der Waals surface area contributed by atoms with E-state index in [0.29, 0.717) is 33.9 Å². The number of aromatic nitrogens is 4. The summed E-state index contributed by atoms with van der Waals surface area (Å²) in [5.41, 5.74) is 5.05. The van der Waals surface area contributed by atoms with Gasteiger partial charge in [0.15, 0.2) is 11.4 Å². The Morgan fingerprint density at radius 1 is 0.971 bits per heavy atom. The van der Waals surface area contributed by atoms with Gasteiger partial charge in [-0.05, 0) is 62.7 Å². The summed E-state index contributed by atoms with van der Waals surface area (Å²) in [5, 5.41) is 4.72. The van der Waals surface area contributed by atoms with Crippen molar-refractivity contribution in [1.82, 2.24) is 19.2 Å². The van der Waals surface area contributed by atoms with Gasteiger partial charge in [0.05, 0.1) is 16.9 Å². The van der Waals surface area contributed by atoms with E-state index in [2.05, 4.69) is 4.98 Å². The molecule has 0 radical (unpaired) electrons. The van der Waals surface area contributed by atoms with Gasteiger partial charge in [-0.1, -0.05) is 30.3 Å². The van der Waals surface area contributed by atoms with E-state index >= 15 is 0 Å². The molecule has 0 saturated carbocycles. The monoisotopic (exact) mass is 454 g/mol. The second-order valence-corrected chi connectivity index (χ2v) is 8.25. The van der Waals surface area contributed by atoms with Gasteiger partial charge >= 0.3 is 0 Å². The number of fused-ring (bicyclic) bond motifs is 1. The van der Waals surface area contributed by atoms with E-state index in [4.69, 9.17) is 9.84 Å². The molecule has 6 nitrogen and oxygen atoms in total. The van der Waals surface area contributed by atoms with Crippen LogP contribution in [0.3, 0.4) is 0 Å². The van der Waals surface area contributed by atoms with Crippen molar-refractivity contribution in [3.63, 3.8) is 0 Å². The van der Waals surface area contributed by atoms with E-state index in [0.717, 1.165) is 16.9 Å². The summed E-state index contributed by atoms with van der Waals surface area (Å²) < 4.78 is 23.1. The van der Waals surface area contributed by atoms with E-state index in [-0.39, 0.29) is 18.0 Å². The van der Waals surface area contributed by atoms with Crippen LogP contribution >= 0.6 is 0 Å². The Balaban J connectivity index is 1.56. The van der Waals surface area contributed by atoms with E-state index in [1.807, 2.05) is 48.9 Å². The number of pyridine rings is 1. The summed E-state index contributed by atoms with van der Waals surface area (Å²) in [6.45, 7) is 5.79. The third-order valence-electron chi connectivity index (χ3n) is 5.73. The van der Waals surface area contributed by atoms with Crippen molar-refractivity contribution in [3.8, 4) is 22.7 Å². The second-order valence-electron chi connectivity index (χ2n) is 8.25. The molecule has 2 aromatic carbocycles. The lowest BCUT2D eigenvalue weighted by atomic mass is 10.1. The minimum atomic E-state index is -0.342. The largest absolute Gasteiger partial charge is 0.485 e. The highest BCUT2D eigenvalue weighted by Gasteiger charge is 2.18. The van der Waals surface area contributed by atoms with Crippen LogP contribution in [0.1, 0.15) is 22.5 Å². The van der Waals surface area contributed by atoms with Gasteiger partial charge in [0.2, 0.25) is 0 Å².